The van der Waals surface area contributed by atoms with Crippen molar-refractivity contribution in [2.24, 2.45) is 0 Å². The van der Waals surface area contributed by atoms with Crippen LogP contribution in [0.4, 0.5) is 14.9 Å². The minimum absolute atomic E-state index is 0.0189. The summed E-state index contributed by atoms with van der Waals surface area (Å²) in [5, 5.41) is 2.60. The molecule has 0 bridgehead atoms. The fourth-order valence-electron chi connectivity index (χ4n) is 2.95. The summed E-state index contributed by atoms with van der Waals surface area (Å²) in [7, 11) is -3.36. The molecule has 0 unspecified atom stereocenters. The summed E-state index contributed by atoms with van der Waals surface area (Å²) in [6, 6.07) is 4.29. The van der Waals surface area contributed by atoms with Crippen molar-refractivity contribution in [3.8, 4) is 0 Å². The molecular weight excluding hydrogens is 353 g/mol. The van der Waals surface area contributed by atoms with Crippen molar-refractivity contribution in [3.05, 3.63) is 29.6 Å². The molecule has 2 aliphatic rings. The molecule has 0 atom stereocenters. The maximum atomic E-state index is 13.9. The van der Waals surface area contributed by atoms with Gasteiger partial charge in [0.05, 0.1) is 11.4 Å². The first-order valence-electron chi connectivity index (χ1n) is 7.87. The Morgan fingerprint density at radius 2 is 2.00 bits per heavy atom. The number of hydrogen-bond donors (Lipinski definition) is 1. The normalized spacial score (nSPS) is 18.5. The number of urea groups is 1. The molecule has 1 saturated heterocycles. The van der Waals surface area contributed by atoms with Crippen molar-refractivity contribution in [1.29, 1.82) is 0 Å². The molecule has 2 amide bonds. The van der Waals surface area contributed by atoms with E-state index in [0.29, 0.717) is 31.7 Å². The van der Waals surface area contributed by atoms with Crippen molar-refractivity contribution < 1.29 is 17.6 Å². The number of hydrogen-bond acceptors (Lipinski definition) is 4. The van der Waals surface area contributed by atoms with Gasteiger partial charge in [-0.05, 0) is 18.1 Å². The number of carbonyl (C=O) groups excluding carboxylic acids is 1. The summed E-state index contributed by atoms with van der Waals surface area (Å²) in [5.74, 6) is 1.03. The van der Waals surface area contributed by atoms with E-state index in [9.17, 15) is 17.6 Å². The van der Waals surface area contributed by atoms with Crippen LogP contribution in [0.3, 0.4) is 0 Å². The van der Waals surface area contributed by atoms with Gasteiger partial charge >= 0.3 is 6.03 Å². The van der Waals surface area contributed by atoms with E-state index in [1.54, 1.807) is 23.9 Å². The van der Waals surface area contributed by atoms with Crippen LogP contribution in [0, 0.1) is 5.82 Å². The predicted molar refractivity (Wildman–Crippen MR) is 93.5 cm³/mol. The summed E-state index contributed by atoms with van der Waals surface area (Å²) in [4.78, 5) is 13.6. The second-order valence-corrected chi connectivity index (χ2v) is 9.02. The van der Waals surface area contributed by atoms with E-state index in [4.69, 9.17) is 0 Å². The summed E-state index contributed by atoms with van der Waals surface area (Å²) in [6.07, 6.45) is 0.601. The molecule has 1 aromatic carbocycles. The standard InChI is InChI=1S/C15H20FN3O3S2/c16-13-3-1-2-12-4-6-19(14(12)13)15(20)17-5-11-24(21,22)18-7-9-23-10-8-18/h1-3H,4-11H2,(H,17,20). The molecular formula is C15H20FN3O3S2. The largest absolute Gasteiger partial charge is 0.337 e. The van der Waals surface area contributed by atoms with Crippen molar-refractivity contribution in [2.45, 2.75) is 6.42 Å². The monoisotopic (exact) mass is 373 g/mol. The van der Waals surface area contributed by atoms with Gasteiger partial charge in [0.25, 0.3) is 0 Å². The Morgan fingerprint density at radius 3 is 2.75 bits per heavy atom. The Bertz CT molecular complexity index is 721. The number of anilines is 1. The van der Waals surface area contributed by atoms with E-state index in [1.165, 1.54) is 15.3 Å². The number of fused-ring (bicyclic) bond motifs is 1. The number of carbonyl (C=O) groups is 1. The number of nitrogens with zero attached hydrogens (tertiary/aromatic N) is 2. The second kappa shape index (κ2) is 7.28. The highest BCUT2D eigenvalue weighted by Gasteiger charge is 2.28. The molecule has 24 heavy (non-hydrogen) atoms. The molecule has 0 aromatic heterocycles. The second-order valence-electron chi connectivity index (χ2n) is 5.71. The number of thioether (sulfide) groups is 1. The van der Waals surface area contributed by atoms with Gasteiger partial charge in [0.2, 0.25) is 10.0 Å². The molecule has 9 heteroatoms. The fourth-order valence-corrected chi connectivity index (χ4v) is 5.44. The van der Waals surface area contributed by atoms with Gasteiger partial charge in [0.1, 0.15) is 5.82 Å². The van der Waals surface area contributed by atoms with Crippen molar-refractivity contribution >= 4 is 33.5 Å². The minimum Gasteiger partial charge on any atom is -0.337 e. The summed E-state index contributed by atoms with van der Waals surface area (Å²) in [5.41, 5.74) is 1.09. The molecule has 1 N–H and O–H groups in total. The molecule has 0 spiro atoms. The van der Waals surface area contributed by atoms with Gasteiger partial charge in [-0.15, -0.1) is 0 Å². The lowest BCUT2D eigenvalue weighted by atomic mass is 10.2. The first-order chi connectivity index (χ1) is 11.5. The zero-order chi connectivity index (χ0) is 17.2. The highest BCUT2D eigenvalue weighted by atomic mass is 32.2. The van der Waals surface area contributed by atoms with Crippen molar-refractivity contribution in [2.75, 3.05) is 48.3 Å². The van der Waals surface area contributed by atoms with Crippen molar-refractivity contribution in [3.63, 3.8) is 0 Å². The molecule has 0 aliphatic carbocycles. The third-order valence-electron chi connectivity index (χ3n) is 4.19. The van der Waals surface area contributed by atoms with Gasteiger partial charge < -0.3 is 5.32 Å². The third-order valence-corrected chi connectivity index (χ3v) is 7.00. The zero-order valence-electron chi connectivity index (χ0n) is 13.2. The Hall–Kier alpha value is -1.32. The Kier molecular flexibility index (Phi) is 5.31. The Morgan fingerprint density at radius 1 is 1.25 bits per heavy atom. The highest BCUT2D eigenvalue weighted by molar-refractivity contribution is 7.99. The van der Waals surface area contributed by atoms with Crippen molar-refractivity contribution in [1.82, 2.24) is 9.62 Å². The lowest BCUT2D eigenvalue weighted by Crippen LogP contribution is -2.44. The minimum atomic E-state index is -3.36. The van der Waals surface area contributed by atoms with Gasteiger partial charge in [-0.1, -0.05) is 12.1 Å². The fraction of sp³-hybridized carbons (Fsp3) is 0.533. The summed E-state index contributed by atoms with van der Waals surface area (Å²) < 4.78 is 39.9. The highest BCUT2D eigenvalue weighted by Crippen LogP contribution is 2.30. The maximum absolute atomic E-state index is 13.9. The number of amides is 2. The van der Waals surface area contributed by atoms with Crippen LogP contribution >= 0.6 is 11.8 Å². The van der Waals surface area contributed by atoms with Crippen LogP contribution in [0.15, 0.2) is 18.2 Å². The molecule has 132 valence electrons. The number of benzene rings is 1. The van der Waals surface area contributed by atoms with E-state index in [1.807, 2.05) is 0 Å². The predicted octanol–water partition coefficient (Wildman–Crippen LogP) is 1.28. The van der Waals surface area contributed by atoms with Crippen LogP contribution in [0.25, 0.3) is 0 Å². The number of sulfonamides is 1. The van der Waals surface area contributed by atoms with E-state index < -0.39 is 21.9 Å². The van der Waals surface area contributed by atoms with E-state index in [0.717, 1.165) is 17.1 Å². The first-order valence-corrected chi connectivity index (χ1v) is 10.6. The number of nitrogens with one attached hydrogen (secondary N) is 1. The zero-order valence-corrected chi connectivity index (χ0v) is 14.8. The molecule has 1 aromatic rings. The van der Waals surface area contributed by atoms with Gasteiger partial charge in [-0.3, -0.25) is 4.90 Å². The Labute approximate surface area is 145 Å². The van der Waals surface area contributed by atoms with Gasteiger partial charge in [-0.25, -0.2) is 21.9 Å². The van der Waals surface area contributed by atoms with Gasteiger partial charge in [0, 0.05) is 37.7 Å². The maximum Gasteiger partial charge on any atom is 0.322 e. The molecule has 2 heterocycles. The van der Waals surface area contributed by atoms with Crippen LogP contribution in [0.2, 0.25) is 0 Å². The van der Waals surface area contributed by atoms with Gasteiger partial charge in [-0.2, -0.15) is 11.8 Å². The number of rotatable bonds is 4. The van der Waals surface area contributed by atoms with Crippen LogP contribution in [0.5, 0.6) is 0 Å². The Balaban J connectivity index is 1.56. The summed E-state index contributed by atoms with van der Waals surface area (Å²) >= 11 is 1.74. The molecule has 6 nitrogen and oxygen atoms in total. The van der Waals surface area contributed by atoms with Gasteiger partial charge in [0.15, 0.2) is 0 Å². The average Bonchev–Trinajstić information content (AvgIpc) is 3.01. The van der Waals surface area contributed by atoms with Crippen LogP contribution in [-0.2, 0) is 16.4 Å². The molecule has 3 rings (SSSR count). The molecule has 0 radical (unpaired) electrons. The third kappa shape index (κ3) is 3.68. The quantitative estimate of drug-likeness (QED) is 0.863. The molecule has 0 saturated carbocycles. The first kappa shape index (κ1) is 17.5. The lowest BCUT2D eigenvalue weighted by molar-refractivity contribution is 0.247. The van der Waals surface area contributed by atoms with E-state index >= 15 is 0 Å². The van der Waals surface area contributed by atoms with E-state index in [-0.39, 0.29) is 12.3 Å². The summed E-state index contributed by atoms with van der Waals surface area (Å²) in [6.45, 7) is 1.46. The average molecular weight is 373 g/mol. The van der Waals surface area contributed by atoms with Crippen LogP contribution in [0.1, 0.15) is 5.56 Å². The number of halogens is 1. The SMILES string of the molecule is O=C(NCCS(=O)(=O)N1CCSCC1)N1CCc2cccc(F)c21. The number of para-hydroxylation sites is 1. The molecule has 1 fully saturated rings. The molecule has 2 aliphatic heterocycles. The van der Waals surface area contributed by atoms with Crippen LogP contribution < -0.4 is 10.2 Å². The van der Waals surface area contributed by atoms with E-state index in [2.05, 4.69) is 5.32 Å². The smallest absolute Gasteiger partial charge is 0.322 e. The lowest BCUT2D eigenvalue weighted by Gasteiger charge is -2.26. The topological polar surface area (TPSA) is 69.7 Å². The van der Waals surface area contributed by atoms with Crippen LogP contribution in [-0.4, -0.2) is 62.2 Å².